The van der Waals surface area contributed by atoms with Crippen molar-refractivity contribution in [3.8, 4) is 5.69 Å². The maximum atomic E-state index is 12.2. The first kappa shape index (κ1) is 14.0. The molecule has 2 amide bonds. The van der Waals surface area contributed by atoms with E-state index in [4.69, 9.17) is 5.73 Å². The van der Waals surface area contributed by atoms with E-state index in [9.17, 15) is 14.4 Å². The molecule has 1 aliphatic heterocycles. The van der Waals surface area contributed by atoms with Crippen molar-refractivity contribution in [3.05, 3.63) is 54.7 Å². The average molecular weight is 413 g/mol. The summed E-state index contributed by atoms with van der Waals surface area (Å²) < 4.78 is 2.66. The molecule has 106 valence electrons. The third-order valence-corrected chi connectivity index (χ3v) is 3.97. The van der Waals surface area contributed by atoms with Crippen LogP contribution in [0.15, 0.2) is 38.0 Å². The van der Waals surface area contributed by atoms with Crippen molar-refractivity contribution in [2.75, 3.05) is 5.73 Å². The Bertz CT molecular complexity index is 853. The van der Waals surface area contributed by atoms with Crippen molar-refractivity contribution < 1.29 is 9.59 Å². The molecular weight excluding hydrogens is 406 g/mol. The van der Waals surface area contributed by atoms with Crippen LogP contribution in [0.25, 0.3) is 5.69 Å². The molecule has 1 aromatic heterocycles. The van der Waals surface area contributed by atoms with E-state index in [0.717, 1.165) is 15.0 Å². The third kappa shape index (κ3) is 2.20. The molecule has 0 bridgehead atoms. The number of hydrogen-bond acceptors (Lipinski definition) is 4. The lowest BCUT2D eigenvalue weighted by Gasteiger charge is -2.12. The fourth-order valence-corrected chi connectivity index (χ4v) is 3.48. The summed E-state index contributed by atoms with van der Waals surface area (Å²) in [5.41, 5.74) is 5.97. The Morgan fingerprint density at radius 1 is 0.952 bits per heavy atom. The van der Waals surface area contributed by atoms with Crippen molar-refractivity contribution in [1.82, 2.24) is 9.88 Å². The topological polar surface area (TPSA) is 94.2 Å². The number of rotatable bonds is 1. The van der Waals surface area contributed by atoms with Gasteiger partial charge in [-0.1, -0.05) is 31.9 Å². The highest BCUT2D eigenvalue weighted by atomic mass is 79.9. The number of nitrogens with one attached hydrogen (secondary N) is 1. The van der Waals surface area contributed by atoms with Crippen molar-refractivity contribution in [2.45, 2.75) is 0 Å². The second kappa shape index (κ2) is 4.81. The van der Waals surface area contributed by atoms with E-state index < -0.39 is 17.4 Å². The zero-order chi connectivity index (χ0) is 15.3. The van der Waals surface area contributed by atoms with Gasteiger partial charge in [0, 0.05) is 15.0 Å². The van der Waals surface area contributed by atoms with Gasteiger partial charge in [-0.2, -0.15) is 0 Å². The number of benzene rings is 1. The van der Waals surface area contributed by atoms with Gasteiger partial charge >= 0.3 is 0 Å². The SMILES string of the molecule is Nc1c2c(cc(=O)n1-c1cc(Br)cc(Br)c1)C(=O)NC2=O. The molecule has 0 spiro atoms. The number of nitrogen functional groups attached to an aromatic ring is 1. The van der Waals surface area contributed by atoms with Crippen LogP contribution in [0.3, 0.4) is 0 Å². The number of carbonyl (C=O) groups is 2. The van der Waals surface area contributed by atoms with E-state index >= 15 is 0 Å². The standard InChI is InChI=1S/C13H7Br2N3O3/c14-5-1-6(15)3-7(2-5)18-9(19)4-8-10(11(18)16)13(21)17-12(8)20/h1-4H,16H2,(H,17,20,21). The van der Waals surface area contributed by atoms with Gasteiger partial charge in [-0.3, -0.25) is 24.3 Å². The number of carbonyl (C=O) groups excluding carboxylic acids is 2. The minimum atomic E-state index is -0.610. The minimum Gasteiger partial charge on any atom is -0.384 e. The fraction of sp³-hybridized carbons (Fsp3) is 0. The zero-order valence-corrected chi connectivity index (χ0v) is 13.5. The first-order valence-corrected chi connectivity index (χ1v) is 7.35. The Hall–Kier alpha value is -1.93. The Balaban J connectivity index is 2.35. The summed E-state index contributed by atoms with van der Waals surface area (Å²) in [5.74, 6) is -1.28. The molecule has 21 heavy (non-hydrogen) atoms. The molecule has 6 nitrogen and oxygen atoms in total. The van der Waals surface area contributed by atoms with Gasteiger partial charge in [0.25, 0.3) is 17.4 Å². The number of fused-ring (bicyclic) bond motifs is 1. The molecule has 1 aliphatic rings. The lowest BCUT2D eigenvalue weighted by atomic mass is 10.1. The number of amides is 2. The molecule has 0 unspecified atom stereocenters. The van der Waals surface area contributed by atoms with E-state index in [1.807, 2.05) is 0 Å². The number of aromatic nitrogens is 1. The maximum absolute atomic E-state index is 12.2. The smallest absolute Gasteiger partial charge is 0.262 e. The second-order valence-corrected chi connectivity index (χ2v) is 6.23. The molecule has 2 aromatic rings. The Morgan fingerprint density at radius 3 is 2.19 bits per heavy atom. The largest absolute Gasteiger partial charge is 0.384 e. The Labute approximate surface area is 135 Å². The van der Waals surface area contributed by atoms with Gasteiger partial charge in [0.2, 0.25) is 0 Å². The average Bonchev–Trinajstić information content (AvgIpc) is 2.63. The van der Waals surface area contributed by atoms with Crippen LogP contribution in [-0.4, -0.2) is 16.4 Å². The molecule has 0 aliphatic carbocycles. The highest BCUT2D eigenvalue weighted by molar-refractivity contribution is 9.11. The monoisotopic (exact) mass is 411 g/mol. The molecule has 2 heterocycles. The van der Waals surface area contributed by atoms with E-state index in [2.05, 4.69) is 37.2 Å². The number of imide groups is 1. The number of halogens is 2. The summed E-state index contributed by atoms with van der Waals surface area (Å²) in [6.45, 7) is 0. The van der Waals surface area contributed by atoms with Gasteiger partial charge < -0.3 is 5.73 Å². The van der Waals surface area contributed by atoms with Crippen LogP contribution in [0.2, 0.25) is 0 Å². The second-order valence-electron chi connectivity index (χ2n) is 4.40. The van der Waals surface area contributed by atoms with Crippen LogP contribution in [0, 0.1) is 0 Å². The van der Waals surface area contributed by atoms with Crippen LogP contribution >= 0.6 is 31.9 Å². The molecule has 0 radical (unpaired) electrons. The molecule has 0 fully saturated rings. The van der Waals surface area contributed by atoms with Crippen LogP contribution in [0.4, 0.5) is 5.82 Å². The lowest BCUT2D eigenvalue weighted by molar-refractivity contribution is 0.0880. The van der Waals surface area contributed by atoms with Gasteiger partial charge in [0.1, 0.15) is 5.82 Å². The van der Waals surface area contributed by atoms with Gasteiger partial charge in [-0.25, -0.2) is 0 Å². The van der Waals surface area contributed by atoms with E-state index in [1.54, 1.807) is 18.2 Å². The normalized spacial score (nSPS) is 13.2. The summed E-state index contributed by atoms with van der Waals surface area (Å²) in [6.07, 6.45) is 0. The third-order valence-electron chi connectivity index (χ3n) is 3.06. The maximum Gasteiger partial charge on any atom is 0.262 e. The summed E-state index contributed by atoms with van der Waals surface area (Å²) in [4.78, 5) is 35.6. The van der Waals surface area contributed by atoms with Crippen LogP contribution < -0.4 is 16.6 Å². The number of pyridine rings is 1. The summed E-state index contributed by atoms with van der Waals surface area (Å²) in [6, 6.07) is 6.28. The zero-order valence-electron chi connectivity index (χ0n) is 10.3. The number of nitrogens with two attached hydrogens (primary N) is 1. The first-order chi connectivity index (χ1) is 9.88. The molecule has 0 saturated carbocycles. The summed E-state index contributed by atoms with van der Waals surface area (Å²) >= 11 is 6.65. The van der Waals surface area contributed by atoms with Crippen LogP contribution in [-0.2, 0) is 0 Å². The van der Waals surface area contributed by atoms with Crippen LogP contribution in [0.1, 0.15) is 20.7 Å². The van der Waals surface area contributed by atoms with Gasteiger partial charge in [-0.15, -0.1) is 0 Å². The van der Waals surface area contributed by atoms with E-state index in [0.29, 0.717) is 5.69 Å². The van der Waals surface area contributed by atoms with E-state index in [1.165, 1.54) is 4.57 Å². The summed E-state index contributed by atoms with van der Waals surface area (Å²) in [7, 11) is 0. The van der Waals surface area contributed by atoms with Gasteiger partial charge in [-0.05, 0) is 18.2 Å². The quantitative estimate of drug-likeness (QED) is 0.698. The molecule has 1 aromatic carbocycles. The molecule has 3 rings (SSSR count). The first-order valence-electron chi connectivity index (χ1n) is 5.76. The minimum absolute atomic E-state index is 0.00723. The molecule has 0 saturated heterocycles. The molecule has 3 N–H and O–H groups in total. The van der Waals surface area contributed by atoms with Crippen molar-refractivity contribution in [1.29, 1.82) is 0 Å². The predicted molar refractivity (Wildman–Crippen MR) is 83.6 cm³/mol. The number of anilines is 1. The number of nitrogens with zero attached hydrogens (tertiary/aromatic N) is 1. The predicted octanol–water partition coefficient (Wildman–Crippen LogP) is 1.83. The Kier molecular flexibility index (Phi) is 3.22. The summed E-state index contributed by atoms with van der Waals surface area (Å²) in [5, 5.41) is 2.12. The molecule has 8 heteroatoms. The van der Waals surface area contributed by atoms with Gasteiger partial charge in [0.05, 0.1) is 16.8 Å². The Morgan fingerprint density at radius 2 is 1.57 bits per heavy atom. The molecular formula is C13H7Br2N3O3. The van der Waals surface area contributed by atoms with Crippen molar-refractivity contribution in [2.24, 2.45) is 0 Å². The van der Waals surface area contributed by atoms with E-state index in [-0.39, 0.29) is 16.9 Å². The van der Waals surface area contributed by atoms with Crippen molar-refractivity contribution >= 4 is 49.5 Å². The highest BCUT2D eigenvalue weighted by Crippen LogP contribution is 2.26. The number of hydrogen-bond donors (Lipinski definition) is 2. The van der Waals surface area contributed by atoms with Crippen molar-refractivity contribution in [3.63, 3.8) is 0 Å². The lowest BCUT2D eigenvalue weighted by Crippen LogP contribution is -2.24. The highest BCUT2D eigenvalue weighted by Gasteiger charge is 2.31. The van der Waals surface area contributed by atoms with Gasteiger partial charge in [0.15, 0.2) is 0 Å². The fourth-order valence-electron chi connectivity index (χ4n) is 2.21. The van der Waals surface area contributed by atoms with Crippen LogP contribution in [0.5, 0.6) is 0 Å². The molecule has 0 atom stereocenters.